The topological polar surface area (TPSA) is 26.0 Å². The number of benzene rings is 2. The van der Waals surface area contributed by atoms with Gasteiger partial charge in [-0.2, -0.15) is 0 Å². The largest absolute Gasteiger partial charge is 0.438 e. The molecule has 0 unspecified atom stereocenters. The number of aromatic nitrogens is 1. The molecule has 2 aromatic heterocycles. The molecule has 4 aromatic rings. The molecule has 0 atom stereocenters. The second-order valence-electron chi connectivity index (χ2n) is 4.68. The summed E-state index contributed by atoms with van der Waals surface area (Å²) >= 11 is 2.32. The van der Waals surface area contributed by atoms with Crippen LogP contribution in [0.25, 0.3) is 33.2 Å². The van der Waals surface area contributed by atoms with Crippen molar-refractivity contribution in [2.75, 3.05) is 0 Å². The Balaban J connectivity index is 1.97. The Bertz CT molecular complexity index is 909. The summed E-state index contributed by atoms with van der Waals surface area (Å²) in [6, 6.07) is 18.8. The molecule has 4 rings (SSSR count). The van der Waals surface area contributed by atoms with Crippen LogP contribution in [0.15, 0.2) is 65.2 Å². The smallest absolute Gasteiger partial charge is 0.227 e. The Hall–Kier alpha value is -1.88. The molecular weight excluding hydrogens is 361 g/mol. The minimum absolute atomic E-state index is 0.697. The maximum absolute atomic E-state index is 5.75. The molecule has 3 heteroatoms. The summed E-state index contributed by atoms with van der Waals surface area (Å²) in [6.07, 6.45) is 1.75. The molecule has 0 bridgehead atoms. The monoisotopic (exact) mass is 371 g/mol. The normalized spacial score (nSPS) is 11.2. The van der Waals surface area contributed by atoms with Crippen LogP contribution in [-0.4, -0.2) is 4.98 Å². The molecule has 96 valence electrons. The molecule has 0 amide bonds. The van der Waals surface area contributed by atoms with Gasteiger partial charge in [-0.3, -0.25) is 0 Å². The van der Waals surface area contributed by atoms with Crippen LogP contribution in [0, 0.1) is 3.57 Å². The Labute approximate surface area is 129 Å². The third-order valence-electron chi connectivity index (χ3n) is 3.43. The van der Waals surface area contributed by atoms with Crippen LogP contribution in [0.2, 0.25) is 0 Å². The highest BCUT2D eigenvalue weighted by atomic mass is 127. The van der Waals surface area contributed by atoms with Crippen LogP contribution in [0.1, 0.15) is 0 Å². The van der Waals surface area contributed by atoms with Crippen LogP contribution in [0.3, 0.4) is 0 Å². The van der Waals surface area contributed by atoms with Gasteiger partial charge in [0.1, 0.15) is 5.58 Å². The van der Waals surface area contributed by atoms with Crippen LogP contribution in [0.4, 0.5) is 0 Å². The molecule has 0 fully saturated rings. The molecular formula is C17H10INO. The number of rotatable bonds is 1. The number of fused-ring (bicyclic) bond motifs is 3. The average molecular weight is 371 g/mol. The van der Waals surface area contributed by atoms with E-state index in [0.717, 1.165) is 16.4 Å². The van der Waals surface area contributed by atoms with E-state index in [-0.39, 0.29) is 0 Å². The molecule has 2 nitrogen and oxygen atoms in total. The van der Waals surface area contributed by atoms with Crippen LogP contribution in [-0.2, 0) is 0 Å². The van der Waals surface area contributed by atoms with Gasteiger partial charge in [-0.25, -0.2) is 4.98 Å². The van der Waals surface area contributed by atoms with Gasteiger partial charge in [0, 0.05) is 20.5 Å². The lowest BCUT2D eigenvalue weighted by atomic mass is 10.0. The molecule has 0 aliphatic carbocycles. The van der Waals surface area contributed by atoms with Gasteiger partial charge in [-0.1, -0.05) is 18.2 Å². The van der Waals surface area contributed by atoms with E-state index < -0.39 is 0 Å². The number of halogens is 1. The second kappa shape index (κ2) is 4.59. The standard InChI is InChI=1S/C17H10INO/c18-13-6-3-11(4-7-13)12-5-8-16-15(10-12)14-2-1-9-19-17(14)20-16/h1-10H. The first kappa shape index (κ1) is 11.9. The van der Waals surface area contributed by atoms with Gasteiger partial charge >= 0.3 is 0 Å². The van der Waals surface area contributed by atoms with Crippen molar-refractivity contribution < 1.29 is 4.42 Å². The maximum Gasteiger partial charge on any atom is 0.227 e. The molecule has 0 aliphatic heterocycles. The first-order chi connectivity index (χ1) is 9.81. The summed E-state index contributed by atoms with van der Waals surface area (Å²) in [5, 5.41) is 2.18. The van der Waals surface area contributed by atoms with Crippen molar-refractivity contribution in [2.24, 2.45) is 0 Å². The maximum atomic E-state index is 5.75. The summed E-state index contributed by atoms with van der Waals surface area (Å²) in [4.78, 5) is 4.26. The van der Waals surface area contributed by atoms with Gasteiger partial charge in [-0.05, 0) is 70.1 Å². The zero-order valence-electron chi connectivity index (χ0n) is 10.5. The molecule has 0 radical (unpaired) electrons. The van der Waals surface area contributed by atoms with Gasteiger partial charge in [0.2, 0.25) is 5.71 Å². The first-order valence-corrected chi connectivity index (χ1v) is 7.42. The molecule has 0 saturated heterocycles. The zero-order chi connectivity index (χ0) is 13.5. The second-order valence-corrected chi connectivity index (χ2v) is 5.92. The number of hydrogen-bond donors (Lipinski definition) is 0. The summed E-state index contributed by atoms with van der Waals surface area (Å²) in [5.41, 5.74) is 3.99. The van der Waals surface area contributed by atoms with Crippen LogP contribution < -0.4 is 0 Å². The fourth-order valence-corrected chi connectivity index (χ4v) is 2.79. The van der Waals surface area contributed by atoms with E-state index >= 15 is 0 Å². The lowest BCUT2D eigenvalue weighted by Gasteiger charge is -2.02. The molecule has 2 heterocycles. The fourth-order valence-electron chi connectivity index (χ4n) is 2.43. The highest BCUT2D eigenvalue weighted by Gasteiger charge is 2.08. The van der Waals surface area contributed by atoms with Gasteiger partial charge in [0.15, 0.2) is 0 Å². The van der Waals surface area contributed by atoms with E-state index in [0.29, 0.717) is 5.71 Å². The summed E-state index contributed by atoms with van der Waals surface area (Å²) in [5.74, 6) is 0. The van der Waals surface area contributed by atoms with Crippen molar-refractivity contribution in [1.82, 2.24) is 4.98 Å². The Kier molecular flexibility index (Phi) is 2.73. The molecule has 0 N–H and O–H groups in total. The first-order valence-electron chi connectivity index (χ1n) is 6.34. The number of nitrogens with zero attached hydrogens (tertiary/aromatic N) is 1. The lowest BCUT2D eigenvalue weighted by Crippen LogP contribution is -1.78. The Morgan fingerprint density at radius 1 is 0.850 bits per heavy atom. The van der Waals surface area contributed by atoms with E-state index in [1.807, 2.05) is 18.2 Å². The Morgan fingerprint density at radius 2 is 1.65 bits per heavy atom. The fraction of sp³-hybridized carbons (Fsp3) is 0. The van der Waals surface area contributed by atoms with Gasteiger partial charge in [-0.15, -0.1) is 0 Å². The number of furan rings is 1. The zero-order valence-corrected chi connectivity index (χ0v) is 12.7. The predicted molar refractivity (Wildman–Crippen MR) is 89.7 cm³/mol. The quantitative estimate of drug-likeness (QED) is 0.427. The lowest BCUT2D eigenvalue weighted by molar-refractivity contribution is 0.654. The SMILES string of the molecule is Ic1ccc(-c2ccc3oc4ncccc4c3c2)cc1. The third-order valence-corrected chi connectivity index (χ3v) is 4.14. The molecule has 20 heavy (non-hydrogen) atoms. The predicted octanol–water partition coefficient (Wildman–Crippen LogP) is 5.25. The van der Waals surface area contributed by atoms with E-state index in [1.165, 1.54) is 14.7 Å². The minimum Gasteiger partial charge on any atom is -0.438 e. The number of pyridine rings is 1. The minimum atomic E-state index is 0.697. The van der Waals surface area contributed by atoms with Crippen molar-refractivity contribution in [2.45, 2.75) is 0 Å². The van der Waals surface area contributed by atoms with E-state index in [9.17, 15) is 0 Å². The van der Waals surface area contributed by atoms with Crippen molar-refractivity contribution >= 4 is 44.7 Å². The van der Waals surface area contributed by atoms with Crippen molar-refractivity contribution in [3.8, 4) is 11.1 Å². The van der Waals surface area contributed by atoms with E-state index in [4.69, 9.17) is 4.42 Å². The van der Waals surface area contributed by atoms with Gasteiger partial charge in [0.25, 0.3) is 0 Å². The molecule has 2 aromatic carbocycles. The molecule has 0 aliphatic rings. The van der Waals surface area contributed by atoms with Gasteiger partial charge in [0.05, 0.1) is 0 Å². The van der Waals surface area contributed by atoms with E-state index in [1.54, 1.807) is 6.20 Å². The number of hydrogen-bond acceptors (Lipinski definition) is 2. The van der Waals surface area contributed by atoms with Crippen LogP contribution in [0.5, 0.6) is 0 Å². The molecule has 0 saturated carbocycles. The third kappa shape index (κ3) is 1.89. The highest BCUT2D eigenvalue weighted by molar-refractivity contribution is 14.1. The van der Waals surface area contributed by atoms with Crippen LogP contribution >= 0.6 is 22.6 Å². The summed E-state index contributed by atoms with van der Waals surface area (Å²) in [6.45, 7) is 0. The highest BCUT2D eigenvalue weighted by Crippen LogP contribution is 2.31. The van der Waals surface area contributed by atoms with Crippen molar-refractivity contribution in [3.63, 3.8) is 0 Å². The summed E-state index contributed by atoms with van der Waals surface area (Å²) < 4.78 is 6.99. The van der Waals surface area contributed by atoms with Crippen molar-refractivity contribution in [3.05, 3.63) is 64.4 Å². The van der Waals surface area contributed by atoms with E-state index in [2.05, 4.69) is 64.0 Å². The van der Waals surface area contributed by atoms with Crippen molar-refractivity contribution in [1.29, 1.82) is 0 Å². The van der Waals surface area contributed by atoms with Gasteiger partial charge < -0.3 is 4.42 Å². The average Bonchev–Trinajstić information content (AvgIpc) is 2.86. The summed E-state index contributed by atoms with van der Waals surface area (Å²) in [7, 11) is 0. The Morgan fingerprint density at radius 3 is 2.50 bits per heavy atom. The molecule has 0 spiro atoms.